The fourth-order valence-electron chi connectivity index (χ4n) is 4.54. The number of nitrogens with one attached hydrogen (secondary N) is 1. The molecule has 10 nitrogen and oxygen atoms in total. The Kier molecular flexibility index (Phi) is 8.94. The van der Waals surface area contributed by atoms with Gasteiger partial charge in [0.1, 0.15) is 19.2 Å². The van der Waals surface area contributed by atoms with Gasteiger partial charge in [0, 0.05) is 44.6 Å². The van der Waals surface area contributed by atoms with Crippen LogP contribution in [0.4, 0.5) is 4.79 Å². The molecule has 4 aromatic rings. The summed E-state index contributed by atoms with van der Waals surface area (Å²) in [4.78, 5) is 16.0. The van der Waals surface area contributed by atoms with Crippen LogP contribution >= 0.6 is 0 Å². The second-order valence-electron chi connectivity index (χ2n) is 11.4. The first-order valence-corrected chi connectivity index (χ1v) is 17.3. The normalized spacial score (nSPS) is 12.6. The summed E-state index contributed by atoms with van der Waals surface area (Å²) in [6.07, 6.45) is 2.63. The number of rotatable bonds is 11. The van der Waals surface area contributed by atoms with Crippen molar-refractivity contribution in [3.8, 4) is 28.3 Å². The van der Waals surface area contributed by atoms with E-state index in [-0.39, 0.29) is 12.0 Å². The van der Waals surface area contributed by atoms with Crippen molar-refractivity contribution in [3.05, 3.63) is 54.0 Å². The molecule has 40 heavy (non-hydrogen) atoms. The van der Waals surface area contributed by atoms with E-state index in [1.165, 1.54) is 6.33 Å². The van der Waals surface area contributed by atoms with E-state index in [2.05, 4.69) is 48.9 Å². The van der Waals surface area contributed by atoms with E-state index in [0.29, 0.717) is 24.7 Å². The van der Waals surface area contributed by atoms with Crippen molar-refractivity contribution in [2.75, 3.05) is 20.8 Å². The summed E-state index contributed by atoms with van der Waals surface area (Å²) in [5, 5.41) is 12.0. The lowest BCUT2D eigenvalue weighted by atomic mass is 9.93. The van der Waals surface area contributed by atoms with Crippen LogP contribution in [0.15, 0.2) is 42.9 Å². The number of carbonyl (C=O) groups excluding carboxylic acids is 1. The number of hydrogen-bond donors (Lipinski definition) is 1. The number of carbonyl (C=O) groups is 1. The predicted molar refractivity (Wildman–Crippen MR) is 158 cm³/mol. The number of fused-ring (bicyclic) bond motifs is 1. The number of nitrogens with zero attached hydrogens (tertiary/aromatic N) is 5. The Morgan fingerprint density at radius 2 is 1.82 bits per heavy atom. The summed E-state index contributed by atoms with van der Waals surface area (Å²) < 4.78 is 20.9. The van der Waals surface area contributed by atoms with Gasteiger partial charge >= 0.3 is 6.09 Å². The first kappa shape index (κ1) is 29.3. The molecule has 11 heteroatoms. The van der Waals surface area contributed by atoms with Crippen molar-refractivity contribution in [1.82, 2.24) is 29.7 Å². The molecule has 1 N–H and O–H groups in total. The van der Waals surface area contributed by atoms with Crippen molar-refractivity contribution in [2.45, 2.75) is 65.2 Å². The Balaban J connectivity index is 1.79. The molecular weight excluding hydrogens is 524 g/mol. The van der Waals surface area contributed by atoms with Gasteiger partial charge in [-0.2, -0.15) is 10.2 Å². The van der Waals surface area contributed by atoms with Crippen molar-refractivity contribution in [3.63, 3.8) is 0 Å². The highest BCUT2D eigenvalue weighted by molar-refractivity contribution is 6.76. The van der Waals surface area contributed by atoms with Crippen LogP contribution in [0.3, 0.4) is 0 Å². The Bertz CT molecular complexity index is 1460. The molecule has 0 aliphatic heterocycles. The standard InChI is InChI=1S/C29H40N6O4Si/c1-19(2)25-26(22-11-9-21(10-12-22)20(3)39-29(36)30-4)33-35(18-38-13-14-40(6,7)8)27(25)23-15-24(37-5)28-31-17-32-34(28)16-23/h9-12,15-17,19-20H,13-14,18H2,1-8H3,(H,30,36). The van der Waals surface area contributed by atoms with Crippen molar-refractivity contribution in [2.24, 2.45) is 0 Å². The average molecular weight is 565 g/mol. The van der Waals surface area contributed by atoms with Crippen molar-refractivity contribution in [1.29, 1.82) is 0 Å². The zero-order valence-corrected chi connectivity index (χ0v) is 25.7. The van der Waals surface area contributed by atoms with Gasteiger partial charge < -0.3 is 19.5 Å². The summed E-state index contributed by atoms with van der Waals surface area (Å²) in [7, 11) is 1.94. The Morgan fingerprint density at radius 1 is 1.10 bits per heavy atom. The van der Waals surface area contributed by atoms with Gasteiger partial charge in [0.05, 0.1) is 18.5 Å². The van der Waals surface area contributed by atoms with Gasteiger partial charge in [-0.05, 0) is 30.5 Å². The van der Waals surface area contributed by atoms with Gasteiger partial charge in [-0.1, -0.05) is 57.8 Å². The van der Waals surface area contributed by atoms with Gasteiger partial charge in [0.15, 0.2) is 11.4 Å². The maximum Gasteiger partial charge on any atom is 0.407 e. The second kappa shape index (κ2) is 12.2. The molecule has 0 fully saturated rings. The van der Waals surface area contributed by atoms with Crippen molar-refractivity contribution >= 4 is 19.8 Å². The highest BCUT2D eigenvalue weighted by Crippen LogP contribution is 2.39. The molecule has 0 saturated heterocycles. The van der Waals surface area contributed by atoms with Crippen LogP contribution in [0.5, 0.6) is 5.75 Å². The molecule has 1 atom stereocenters. The van der Waals surface area contributed by atoms with Crippen LogP contribution < -0.4 is 10.1 Å². The summed E-state index contributed by atoms with van der Waals surface area (Å²) in [6.45, 7) is 14.2. The third-order valence-electron chi connectivity index (χ3n) is 6.75. The largest absolute Gasteiger partial charge is 0.493 e. The average Bonchev–Trinajstić information content (AvgIpc) is 3.55. The van der Waals surface area contributed by atoms with Crippen LogP contribution in [0.1, 0.15) is 43.9 Å². The summed E-state index contributed by atoms with van der Waals surface area (Å²) in [5.74, 6) is 0.793. The zero-order chi connectivity index (χ0) is 29.0. The lowest BCUT2D eigenvalue weighted by Gasteiger charge is -2.17. The lowest BCUT2D eigenvalue weighted by molar-refractivity contribution is 0.0799. The van der Waals surface area contributed by atoms with Gasteiger partial charge in [0.2, 0.25) is 0 Å². The minimum absolute atomic E-state index is 0.161. The van der Waals surface area contributed by atoms with Crippen LogP contribution in [-0.4, -0.2) is 59.3 Å². The van der Waals surface area contributed by atoms with Crippen LogP contribution in [0.2, 0.25) is 25.7 Å². The quantitative estimate of drug-likeness (QED) is 0.173. The van der Waals surface area contributed by atoms with E-state index in [0.717, 1.165) is 39.7 Å². The smallest absolute Gasteiger partial charge is 0.407 e. The molecule has 0 bridgehead atoms. The number of ether oxygens (including phenoxy) is 3. The summed E-state index contributed by atoms with van der Waals surface area (Å²) >= 11 is 0. The maximum atomic E-state index is 11.7. The predicted octanol–water partition coefficient (Wildman–Crippen LogP) is 6.12. The van der Waals surface area contributed by atoms with Crippen LogP contribution in [-0.2, 0) is 16.2 Å². The van der Waals surface area contributed by atoms with Crippen LogP contribution in [0.25, 0.3) is 28.2 Å². The van der Waals surface area contributed by atoms with E-state index in [1.54, 1.807) is 18.7 Å². The van der Waals surface area contributed by atoms with Gasteiger partial charge in [-0.3, -0.25) is 0 Å². The van der Waals surface area contributed by atoms with E-state index in [9.17, 15) is 4.79 Å². The van der Waals surface area contributed by atoms with Gasteiger partial charge in [-0.25, -0.2) is 19.0 Å². The maximum absolute atomic E-state index is 11.7. The highest BCUT2D eigenvalue weighted by atomic mass is 28.3. The van der Waals surface area contributed by atoms with E-state index in [1.807, 2.05) is 48.1 Å². The molecule has 4 rings (SSSR count). The van der Waals surface area contributed by atoms with E-state index >= 15 is 0 Å². The first-order chi connectivity index (χ1) is 19.0. The number of hydrogen-bond acceptors (Lipinski definition) is 7. The van der Waals surface area contributed by atoms with E-state index in [4.69, 9.17) is 19.3 Å². The zero-order valence-electron chi connectivity index (χ0n) is 24.7. The monoisotopic (exact) mass is 564 g/mol. The molecule has 0 saturated carbocycles. The first-order valence-electron chi connectivity index (χ1n) is 13.6. The SMILES string of the molecule is CNC(=O)OC(C)c1ccc(-c2nn(COCC[Si](C)(C)C)c(-c3cc(OC)c4ncnn4c3)c2C(C)C)cc1. The summed E-state index contributed by atoms with van der Waals surface area (Å²) in [5.41, 5.74) is 6.35. The Morgan fingerprint density at radius 3 is 2.45 bits per heavy atom. The molecule has 1 aromatic carbocycles. The third kappa shape index (κ3) is 6.53. The molecule has 0 spiro atoms. The number of pyridine rings is 1. The number of benzene rings is 1. The number of alkyl carbamates (subject to hydrolysis) is 1. The fraction of sp³-hybridized carbons (Fsp3) is 0.448. The molecule has 3 heterocycles. The molecular formula is C29H40N6O4Si. The lowest BCUT2D eigenvalue weighted by Crippen LogP contribution is -2.22. The molecule has 1 unspecified atom stereocenters. The molecule has 214 valence electrons. The molecule has 0 radical (unpaired) electrons. The van der Waals surface area contributed by atoms with Crippen molar-refractivity contribution < 1.29 is 19.0 Å². The minimum Gasteiger partial charge on any atom is -0.493 e. The highest BCUT2D eigenvalue weighted by Gasteiger charge is 2.25. The molecule has 0 aliphatic carbocycles. The minimum atomic E-state index is -1.24. The van der Waals surface area contributed by atoms with Gasteiger partial charge in [0.25, 0.3) is 0 Å². The number of methoxy groups -OCH3 is 1. The van der Waals surface area contributed by atoms with Gasteiger partial charge in [-0.15, -0.1) is 0 Å². The fourth-order valence-corrected chi connectivity index (χ4v) is 5.29. The van der Waals surface area contributed by atoms with Crippen LogP contribution in [0, 0.1) is 0 Å². The Labute approximate surface area is 236 Å². The summed E-state index contributed by atoms with van der Waals surface area (Å²) in [6, 6.07) is 11.0. The number of amides is 1. The topological polar surface area (TPSA) is 105 Å². The molecule has 0 aliphatic rings. The molecule has 3 aromatic heterocycles. The van der Waals surface area contributed by atoms with E-state index < -0.39 is 14.2 Å². The third-order valence-corrected chi connectivity index (χ3v) is 8.46. The Hall–Kier alpha value is -3.70. The molecule has 1 amide bonds. The number of aromatic nitrogens is 5. The second-order valence-corrected chi connectivity index (χ2v) is 17.0.